The summed E-state index contributed by atoms with van der Waals surface area (Å²) >= 11 is 0. The minimum Gasteiger partial charge on any atom is -0.476 e. The van der Waals surface area contributed by atoms with Gasteiger partial charge < -0.3 is 9.30 Å². The average Bonchev–Trinajstić information content (AvgIpc) is 2.94. The number of benzene rings is 1. The van der Waals surface area contributed by atoms with E-state index in [0.29, 0.717) is 6.61 Å². The molecule has 0 atom stereocenters. The molecule has 2 aromatic rings. The first-order chi connectivity index (χ1) is 8.27. The molecule has 1 aromatic carbocycles. The number of hydrogen-bond donors (Lipinski definition) is 0. The summed E-state index contributed by atoms with van der Waals surface area (Å²) < 4.78 is 7.54. The zero-order valence-electron chi connectivity index (χ0n) is 9.51. The zero-order chi connectivity index (χ0) is 11.8. The average molecular weight is 245 g/mol. The summed E-state index contributed by atoms with van der Waals surface area (Å²) in [7, 11) is 0.977. The van der Waals surface area contributed by atoms with Gasteiger partial charge in [-0.3, -0.25) is 4.79 Å². The number of hydrogen-bond acceptors (Lipinski definition) is 2. The summed E-state index contributed by atoms with van der Waals surface area (Å²) in [5.74, 6) is 0.984. The lowest BCUT2D eigenvalue weighted by atomic mass is 10.1. The van der Waals surface area contributed by atoms with Crippen LogP contribution in [0.15, 0.2) is 30.3 Å². The Hall–Kier alpha value is -1.60. The van der Waals surface area contributed by atoms with Gasteiger partial charge in [0, 0.05) is 10.9 Å². The highest BCUT2D eigenvalue weighted by molar-refractivity contribution is 7.33. The smallest absolute Gasteiger partial charge is 0.214 e. The van der Waals surface area contributed by atoms with Gasteiger partial charge in [0.25, 0.3) is 0 Å². The van der Waals surface area contributed by atoms with Crippen LogP contribution in [0.5, 0.6) is 5.88 Å². The molecule has 0 saturated heterocycles. The van der Waals surface area contributed by atoms with Gasteiger partial charge in [-0.15, -0.1) is 0 Å². The van der Waals surface area contributed by atoms with Crippen molar-refractivity contribution in [3.05, 3.63) is 46.6 Å². The van der Waals surface area contributed by atoms with E-state index in [1.165, 1.54) is 0 Å². The van der Waals surface area contributed by atoms with Crippen LogP contribution in [0.2, 0.25) is 0 Å². The van der Waals surface area contributed by atoms with Gasteiger partial charge in [0.15, 0.2) is 0 Å². The Kier molecular flexibility index (Phi) is 2.49. The maximum absolute atomic E-state index is 12.4. The lowest BCUT2D eigenvalue weighted by Crippen LogP contribution is -2.06. The van der Waals surface area contributed by atoms with Crippen molar-refractivity contribution in [2.24, 2.45) is 0 Å². The molecule has 0 aliphatic carbocycles. The van der Waals surface area contributed by atoms with E-state index in [0.717, 1.165) is 36.9 Å². The zero-order valence-corrected chi connectivity index (χ0v) is 10.4. The highest BCUT2D eigenvalue weighted by atomic mass is 31.0. The Labute approximate surface area is 101 Å². The SMILES string of the molecule is Cc1pc(C(=O)c2ccccc2)n2c1OCC2. The van der Waals surface area contributed by atoms with E-state index >= 15 is 0 Å². The molecule has 0 N–H and O–H groups in total. The predicted molar refractivity (Wildman–Crippen MR) is 67.1 cm³/mol. The molecular weight excluding hydrogens is 233 g/mol. The van der Waals surface area contributed by atoms with E-state index in [1.54, 1.807) is 0 Å². The van der Waals surface area contributed by atoms with Gasteiger partial charge in [-0.1, -0.05) is 30.3 Å². The molecule has 2 heterocycles. The molecule has 86 valence electrons. The largest absolute Gasteiger partial charge is 0.476 e. The topological polar surface area (TPSA) is 31.2 Å². The number of carbonyl (C=O) groups is 1. The van der Waals surface area contributed by atoms with Crippen LogP contribution in [0.4, 0.5) is 0 Å². The number of carbonyl (C=O) groups excluding carboxylic acids is 1. The van der Waals surface area contributed by atoms with Crippen LogP contribution in [-0.2, 0) is 6.54 Å². The maximum atomic E-state index is 12.4. The van der Waals surface area contributed by atoms with Crippen molar-refractivity contribution in [2.45, 2.75) is 13.5 Å². The van der Waals surface area contributed by atoms with Gasteiger partial charge in [-0.25, -0.2) is 0 Å². The normalized spacial score (nSPS) is 13.7. The fourth-order valence-corrected chi connectivity index (χ4v) is 3.21. The molecule has 0 saturated carbocycles. The molecule has 0 radical (unpaired) electrons. The standard InChI is InChI=1S/C13H12NO2P/c1-9-12-14(7-8-16-12)13(17-9)11(15)10-5-3-2-4-6-10/h2-6H,7-8H2,1H3. The van der Waals surface area contributed by atoms with Crippen LogP contribution >= 0.6 is 8.19 Å². The number of ether oxygens (including phenoxy) is 1. The molecule has 0 fully saturated rings. The van der Waals surface area contributed by atoms with Crippen LogP contribution in [0, 0.1) is 6.92 Å². The second-order valence-corrected chi connectivity index (χ2v) is 5.34. The lowest BCUT2D eigenvalue weighted by Gasteiger charge is -2.02. The van der Waals surface area contributed by atoms with Gasteiger partial charge in [0.1, 0.15) is 12.0 Å². The summed E-state index contributed by atoms with van der Waals surface area (Å²) in [5, 5.41) is 1.13. The summed E-state index contributed by atoms with van der Waals surface area (Å²) in [6, 6.07) is 9.41. The van der Waals surface area contributed by atoms with Crippen LogP contribution in [0.1, 0.15) is 21.1 Å². The quantitative estimate of drug-likeness (QED) is 0.761. The Balaban J connectivity index is 2.06. The number of nitrogens with zero attached hydrogens (tertiary/aromatic N) is 1. The van der Waals surface area contributed by atoms with Crippen molar-refractivity contribution < 1.29 is 9.53 Å². The Morgan fingerprint density at radius 1 is 1.35 bits per heavy atom. The molecular formula is C13H12NO2P. The molecule has 1 aliphatic rings. The van der Waals surface area contributed by atoms with Gasteiger partial charge in [-0.05, 0) is 15.1 Å². The maximum Gasteiger partial charge on any atom is 0.214 e. The second-order valence-electron chi connectivity index (χ2n) is 4.02. The fourth-order valence-electron chi connectivity index (χ4n) is 2.07. The van der Waals surface area contributed by atoms with Crippen LogP contribution < -0.4 is 4.74 Å². The molecule has 1 aromatic heterocycles. The molecule has 0 bridgehead atoms. The van der Waals surface area contributed by atoms with Crippen LogP contribution in [0.25, 0.3) is 0 Å². The number of aromatic nitrogens is 1. The molecule has 4 heteroatoms. The van der Waals surface area contributed by atoms with Crippen LogP contribution in [0.3, 0.4) is 0 Å². The first-order valence-electron chi connectivity index (χ1n) is 5.57. The second kappa shape index (κ2) is 4.01. The predicted octanol–water partition coefficient (Wildman–Crippen LogP) is 3.00. The van der Waals surface area contributed by atoms with Gasteiger partial charge >= 0.3 is 0 Å². The Bertz CT molecular complexity index is 575. The van der Waals surface area contributed by atoms with E-state index in [4.69, 9.17) is 4.74 Å². The third kappa shape index (κ3) is 1.67. The van der Waals surface area contributed by atoms with Crippen molar-refractivity contribution >= 4 is 14.0 Å². The van der Waals surface area contributed by atoms with Gasteiger partial charge in [0.05, 0.1) is 6.54 Å². The summed E-state index contributed by atoms with van der Waals surface area (Å²) in [4.78, 5) is 12.4. The third-order valence-electron chi connectivity index (χ3n) is 2.88. The third-order valence-corrected chi connectivity index (χ3v) is 4.06. The number of ketones is 1. The number of aryl methyl sites for hydroxylation is 1. The van der Waals surface area contributed by atoms with E-state index in [-0.39, 0.29) is 5.78 Å². The Morgan fingerprint density at radius 3 is 2.88 bits per heavy atom. The lowest BCUT2D eigenvalue weighted by molar-refractivity contribution is 0.103. The van der Waals surface area contributed by atoms with E-state index in [2.05, 4.69) is 0 Å². The molecule has 0 spiro atoms. The summed E-state index contributed by atoms with van der Waals surface area (Å²) in [6.07, 6.45) is 0. The minimum atomic E-state index is 0.104. The molecule has 0 amide bonds. The fraction of sp³-hybridized carbons (Fsp3) is 0.231. The highest BCUT2D eigenvalue weighted by Crippen LogP contribution is 2.36. The molecule has 3 rings (SSSR count). The van der Waals surface area contributed by atoms with E-state index in [9.17, 15) is 4.79 Å². The molecule has 0 unspecified atom stereocenters. The van der Waals surface area contributed by atoms with Gasteiger partial charge in [0.2, 0.25) is 11.7 Å². The number of rotatable bonds is 2. The first kappa shape index (κ1) is 10.5. The van der Waals surface area contributed by atoms with Crippen molar-refractivity contribution in [2.75, 3.05) is 6.61 Å². The van der Waals surface area contributed by atoms with E-state index < -0.39 is 0 Å². The van der Waals surface area contributed by atoms with Crippen molar-refractivity contribution in [1.82, 2.24) is 4.57 Å². The molecule has 17 heavy (non-hydrogen) atoms. The van der Waals surface area contributed by atoms with Gasteiger partial charge in [-0.2, -0.15) is 0 Å². The Morgan fingerprint density at radius 2 is 2.12 bits per heavy atom. The first-order valence-corrected chi connectivity index (χ1v) is 6.46. The monoisotopic (exact) mass is 245 g/mol. The molecule has 1 aliphatic heterocycles. The molecule has 3 nitrogen and oxygen atoms in total. The van der Waals surface area contributed by atoms with Crippen molar-refractivity contribution in [1.29, 1.82) is 0 Å². The van der Waals surface area contributed by atoms with Crippen LogP contribution in [-0.4, -0.2) is 17.0 Å². The summed E-state index contributed by atoms with van der Waals surface area (Å²) in [5.41, 5.74) is 1.57. The summed E-state index contributed by atoms with van der Waals surface area (Å²) in [6.45, 7) is 3.47. The number of fused-ring (bicyclic) bond motifs is 1. The highest BCUT2D eigenvalue weighted by Gasteiger charge is 2.24. The van der Waals surface area contributed by atoms with E-state index in [1.807, 2.05) is 41.8 Å². The minimum absolute atomic E-state index is 0.104. The van der Waals surface area contributed by atoms with Crippen molar-refractivity contribution in [3.63, 3.8) is 0 Å². The van der Waals surface area contributed by atoms with Crippen molar-refractivity contribution in [3.8, 4) is 5.88 Å².